The molecule has 7 nitrogen and oxygen atoms in total. The maximum absolute atomic E-state index is 12.2. The summed E-state index contributed by atoms with van der Waals surface area (Å²) in [6, 6.07) is -0.161. The predicted octanol–water partition coefficient (Wildman–Crippen LogP) is 0.375. The lowest BCUT2D eigenvalue weighted by Gasteiger charge is -2.48. The lowest BCUT2D eigenvalue weighted by Crippen LogP contribution is -2.66. The summed E-state index contributed by atoms with van der Waals surface area (Å²) in [6.07, 6.45) is 0. The highest BCUT2D eigenvalue weighted by Crippen LogP contribution is 2.26. The van der Waals surface area contributed by atoms with Crippen LogP contribution in [0.1, 0.15) is 27.7 Å². The van der Waals surface area contributed by atoms with Crippen LogP contribution in [0.4, 0.5) is 4.79 Å². The molecule has 0 atom stereocenters. The molecule has 1 saturated heterocycles. The van der Waals surface area contributed by atoms with Crippen LogP contribution in [-0.2, 0) is 9.53 Å². The molecule has 7 heteroatoms. The molecule has 20 heavy (non-hydrogen) atoms. The number of nitrogens with zero attached hydrogens (tertiary/aromatic N) is 2. The monoisotopic (exact) mass is 288 g/mol. The Labute approximate surface area is 119 Å². The van der Waals surface area contributed by atoms with Gasteiger partial charge in [0, 0.05) is 6.54 Å². The number of hydrogen-bond acceptors (Lipinski definition) is 4. The molecule has 0 unspecified atom stereocenters. The standard InChI is InChI=1S/C13H24N2O5/c1-5-14(7-12(2,3)19)11(18)15-8-13(4,9-15)20-6-10(16)17/h19H,5-9H2,1-4H3,(H,16,17). The molecule has 0 bridgehead atoms. The number of amides is 2. The number of carbonyl (C=O) groups excluding carboxylic acids is 1. The van der Waals surface area contributed by atoms with Crippen LogP contribution in [0.2, 0.25) is 0 Å². The Hall–Kier alpha value is -1.34. The zero-order valence-electron chi connectivity index (χ0n) is 12.5. The summed E-state index contributed by atoms with van der Waals surface area (Å²) < 4.78 is 5.26. The zero-order chi connectivity index (χ0) is 15.6. The van der Waals surface area contributed by atoms with Crippen LogP contribution in [-0.4, -0.2) is 76.0 Å². The van der Waals surface area contributed by atoms with E-state index in [1.54, 1.807) is 30.6 Å². The fourth-order valence-electron chi connectivity index (χ4n) is 2.21. The Bertz CT molecular complexity index is 371. The topological polar surface area (TPSA) is 90.3 Å². The number of carbonyl (C=O) groups is 2. The summed E-state index contributed by atoms with van der Waals surface area (Å²) in [4.78, 5) is 25.9. The first-order chi connectivity index (χ1) is 9.06. The van der Waals surface area contributed by atoms with Crippen LogP contribution in [0, 0.1) is 0 Å². The SMILES string of the molecule is CCN(CC(C)(C)O)C(=O)N1CC(C)(OCC(=O)O)C1. The molecule has 0 spiro atoms. The van der Waals surface area contributed by atoms with Gasteiger partial charge < -0.3 is 24.7 Å². The van der Waals surface area contributed by atoms with Gasteiger partial charge >= 0.3 is 12.0 Å². The molecular weight excluding hydrogens is 264 g/mol. The second-order valence-corrected chi connectivity index (χ2v) is 6.10. The van der Waals surface area contributed by atoms with Crippen molar-refractivity contribution in [3.05, 3.63) is 0 Å². The van der Waals surface area contributed by atoms with Crippen molar-refractivity contribution in [1.82, 2.24) is 9.80 Å². The number of likely N-dealkylation sites (tertiary alicyclic amines) is 1. The van der Waals surface area contributed by atoms with Crippen molar-refractivity contribution in [2.75, 3.05) is 32.8 Å². The number of carboxylic acid groups (broad SMARTS) is 1. The van der Waals surface area contributed by atoms with Crippen molar-refractivity contribution in [1.29, 1.82) is 0 Å². The third kappa shape index (κ3) is 4.64. The van der Waals surface area contributed by atoms with Crippen molar-refractivity contribution in [3.63, 3.8) is 0 Å². The second kappa shape index (κ2) is 5.97. The van der Waals surface area contributed by atoms with E-state index in [2.05, 4.69) is 0 Å². The molecule has 0 aromatic carbocycles. The highest BCUT2D eigenvalue weighted by atomic mass is 16.5. The van der Waals surface area contributed by atoms with Crippen molar-refractivity contribution in [2.45, 2.75) is 38.9 Å². The number of urea groups is 1. The quantitative estimate of drug-likeness (QED) is 0.737. The summed E-state index contributed by atoms with van der Waals surface area (Å²) in [7, 11) is 0. The molecule has 0 saturated carbocycles. The normalized spacial score (nSPS) is 17.6. The van der Waals surface area contributed by atoms with E-state index in [0.29, 0.717) is 19.6 Å². The predicted molar refractivity (Wildman–Crippen MR) is 72.5 cm³/mol. The van der Waals surface area contributed by atoms with Gasteiger partial charge in [-0.2, -0.15) is 0 Å². The average molecular weight is 288 g/mol. The Morgan fingerprint density at radius 2 is 1.95 bits per heavy atom. The fraction of sp³-hybridized carbons (Fsp3) is 0.846. The summed E-state index contributed by atoms with van der Waals surface area (Å²) in [5, 5.41) is 18.4. The van der Waals surface area contributed by atoms with Gasteiger partial charge in [0.05, 0.1) is 25.2 Å². The van der Waals surface area contributed by atoms with E-state index in [1.807, 2.05) is 6.92 Å². The molecule has 1 rings (SSSR count). The number of carboxylic acids is 1. The van der Waals surface area contributed by atoms with Gasteiger partial charge in [0.2, 0.25) is 0 Å². The highest BCUT2D eigenvalue weighted by Gasteiger charge is 2.44. The second-order valence-electron chi connectivity index (χ2n) is 6.10. The number of likely N-dealkylation sites (N-methyl/N-ethyl adjacent to an activating group) is 1. The molecule has 0 radical (unpaired) electrons. The minimum absolute atomic E-state index is 0.161. The van der Waals surface area contributed by atoms with Crippen molar-refractivity contribution >= 4 is 12.0 Å². The van der Waals surface area contributed by atoms with E-state index in [9.17, 15) is 14.7 Å². The number of ether oxygens (including phenoxy) is 1. The summed E-state index contributed by atoms with van der Waals surface area (Å²) in [5.74, 6) is -1.02. The Balaban J connectivity index is 2.49. The minimum atomic E-state index is -1.02. The number of aliphatic hydroxyl groups is 1. The molecule has 1 aliphatic heterocycles. The summed E-state index contributed by atoms with van der Waals surface area (Å²) >= 11 is 0. The Morgan fingerprint density at radius 1 is 1.40 bits per heavy atom. The lowest BCUT2D eigenvalue weighted by molar-refractivity contribution is -0.160. The molecule has 116 valence electrons. The van der Waals surface area contributed by atoms with Crippen molar-refractivity contribution < 1.29 is 24.5 Å². The van der Waals surface area contributed by atoms with Gasteiger partial charge in [0.25, 0.3) is 0 Å². The maximum atomic E-state index is 12.2. The van der Waals surface area contributed by atoms with Crippen LogP contribution in [0.25, 0.3) is 0 Å². The van der Waals surface area contributed by atoms with Gasteiger partial charge in [-0.05, 0) is 27.7 Å². The molecule has 2 amide bonds. The van der Waals surface area contributed by atoms with E-state index in [-0.39, 0.29) is 19.2 Å². The van der Waals surface area contributed by atoms with Gasteiger partial charge in [-0.15, -0.1) is 0 Å². The van der Waals surface area contributed by atoms with E-state index in [1.165, 1.54) is 0 Å². The van der Waals surface area contributed by atoms with Gasteiger partial charge in [-0.25, -0.2) is 9.59 Å². The molecule has 1 aliphatic rings. The van der Waals surface area contributed by atoms with Crippen LogP contribution in [0.5, 0.6) is 0 Å². The highest BCUT2D eigenvalue weighted by molar-refractivity contribution is 5.76. The first-order valence-corrected chi connectivity index (χ1v) is 6.68. The van der Waals surface area contributed by atoms with E-state index < -0.39 is 17.2 Å². The third-order valence-electron chi connectivity index (χ3n) is 3.10. The Morgan fingerprint density at radius 3 is 2.35 bits per heavy atom. The lowest BCUT2D eigenvalue weighted by atomic mass is 9.97. The zero-order valence-corrected chi connectivity index (χ0v) is 12.5. The molecule has 0 aromatic heterocycles. The Kier molecular flexibility index (Phi) is 4.99. The van der Waals surface area contributed by atoms with E-state index in [0.717, 1.165) is 0 Å². The fourth-order valence-corrected chi connectivity index (χ4v) is 2.21. The van der Waals surface area contributed by atoms with E-state index >= 15 is 0 Å². The first kappa shape index (κ1) is 16.7. The van der Waals surface area contributed by atoms with Crippen LogP contribution in [0.3, 0.4) is 0 Å². The van der Waals surface area contributed by atoms with Crippen molar-refractivity contribution in [3.8, 4) is 0 Å². The number of rotatable bonds is 6. The number of aliphatic carboxylic acids is 1. The van der Waals surface area contributed by atoms with Gasteiger partial charge in [0.1, 0.15) is 12.2 Å². The molecule has 2 N–H and O–H groups in total. The van der Waals surface area contributed by atoms with Gasteiger partial charge in [0.15, 0.2) is 0 Å². The third-order valence-corrected chi connectivity index (χ3v) is 3.10. The van der Waals surface area contributed by atoms with Crippen LogP contribution >= 0.6 is 0 Å². The summed E-state index contributed by atoms with van der Waals surface area (Å²) in [6.45, 7) is 8.06. The van der Waals surface area contributed by atoms with E-state index in [4.69, 9.17) is 9.84 Å². The smallest absolute Gasteiger partial charge is 0.329 e. The molecule has 1 heterocycles. The largest absolute Gasteiger partial charge is 0.480 e. The summed E-state index contributed by atoms with van der Waals surface area (Å²) in [5.41, 5.74) is -1.54. The molecule has 0 aromatic rings. The first-order valence-electron chi connectivity index (χ1n) is 6.68. The minimum Gasteiger partial charge on any atom is -0.480 e. The average Bonchev–Trinajstić information content (AvgIpc) is 2.28. The maximum Gasteiger partial charge on any atom is 0.329 e. The van der Waals surface area contributed by atoms with Gasteiger partial charge in [-0.3, -0.25) is 0 Å². The van der Waals surface area contributed by atoms with Gasteiger partial charge in [-0.1, -0.05) is 0 Å². The number of hydrogen-bond donors (Lipinski definition) is 2. The van der Waals surface area contributed by atoms with Crippen LogP contribution < -0.4 is 0 Å². The van der Waals surface area contributed by atoms with Crippen molar-refractivity contribution in [2.24, 2.45) is 0 Å². The van der Waals surface area contributed by atoms with Crippen LogP contribution in [0.15, 0.2) is 0 Å². The molecular formula is C13H24N2O5. The molecule has 1 fully saturated rings. The molecule has 0 aliphatic carbocycles.